The van der Waals surface area contributed by atoms with E-state index < -0.39 is 5.82 Å². The number of fused-ring (bicyclic) bond motifs is 1. The maximum absolute atomic E-state index is 15.1. The highest BCUT2D eigenvalue weighted by Gasteiger charge is 2.21. The number of nitrogens with zero attached hydrogens (tertiary/aromatic N) is 5. The molecule has 1 fully saturated rings. The molecule has 0 radical (unpaired) electrons. The second kappa shape index (κ2) is 7.98. The third-order valence-corrected chi connectivity index (χ3v) is 5.70. The molecule has 0 atom stereocenters. The average Bonchev–Trinajstić information content (AvgIpc) is 3.31. The zero-order valence-corrected chi connectivity index (χ0v) is 17.7. The van der Waals surface area contributed by atoms with Crippen molar-refractivity contribution in [3.63, 3.8) is 0 Å². The van der Waals surface area contributed by atoms with Crippen molar-refractivity contribution < 1.29 is 9.13 Å². The van der Waals surface area contributed by atoms with Crippen molar-refractivity contribution in [1.29, 1.82) is 0 Å². The number of hydrogen-bond acceptors (Lipinski definition) is 5. The van der Waals surface area contributed by atoms with E-state index in [1.54, 1.807) is 23.1 Å². The van der Waals surface area contributed by atoms with Gasteiger partial charge in [0.25, 0.3) is 5.95 Å². The normalized spacial score (nSPS) is 14.2. The van der Waals surface area contributed by atoms with Crippen LogP contribution in [0.2, 0.25) is 0 Å². The summed E-state index contributed by atoms with van der Waals surface area (Å²) in [4.78, 5) is 11.7. The molecule has 6 nitrogen and oxygen atoms in total. The average molecular weight is 417 g/mol. The van der Waals surface area contributed by atoms with Gasteiger partial charge in [-0.15, -0.1) is 0 Å². The minimum Gasteiger partial charge on any atom is -0.454 e. The summed E-state index contributed by atoms with van der Waals surface area (Å²) < 4.78 is 22.8. The van der Waals surface area contributed by atoms with Gasteiger partial charge in [0.15, 0.2) is 11.6 Å². The molecule has 1 saturated heterocycles. The lowest BCUT2D eigenvalue weighted by Gasteiger charge is -2.29. The Kier molecular flexibility index (Phi) is 5.02. The van der Waals surface area contributed by atoms with Crippen molar-refractivity contribution in [2.75, 3.05) is 18.0 Å². The lowest BCUT2D eigenvalue weighted by atomic mass is 10.1. The van der Waals surface area contributed by atoms with Gasteiger partial charge >= 0.3 is 0 Å². The number of piperidine rings is 1. The molecule has 0 N–H and O–H groups in total. The molecule has 2 aromatic carbocycles. The SMILES string of the molecule is Cc1cccc(C)c1Oc1cc2c(N3CCCCC3)nc(-n3cccn3)nc2cc1F. The molecule has 0 aliphatic carbocycles. The van der Waals surface area contributed by atoms with Gasteiger partial charge in [-0.05, 0) is 56.4 Å². The molecular formula is C24H24FN5O. The van der Waals surface area contributed by atoms with Crippen LogP contribution in [-0.4, -0.2) is 32.8 Å². The van der Waals surface area contributed by atoms with Gasteiger partial charge in [-0.2, -0.15) is 10.1 Å². The Morgan fingerprint density at radius 3 is 2.45 bits per heavy atom. The van der Waals surface area contributed by atoms with Crippen LogP contribution in [0.3, 0.4) is 0 Å². The zero-order valence-electron chi connectivity index (χ0n) is 17.7. The van der Waals surface area contributed by atoms with Gasteiger partial charge in [-0.25, -0.2) is 14.1 Å². The van der Waals surface area contributed by atoms with E-state index in [1.165, 1.54) is 12.5 Å². The molecule has 0 bridgehead atoms. The maximum Gasteiger partial charge on any atom is 0.253 e. The van der Waals surface area contributed by atoms with Crippen molar-refractivity contribution >= 4 is 16.7 Å². The van der Waals surface area contributed by atoms with Gasteiger partial charge in [0, 0.05) is 36.9 Å². The number of aryl methyl sites for hydroxylation is 2. The lowest BCUT2D eigenvalue weighted by Crippen LogP contribution is -2.30. The summed E-state index contributed by atoms with van der Waals surface area (Å²) >= 11 is 0. The van der Waals surface area contributed by atoms with Crippen molar-refractivity contribution in [2.45, 2.75) is 33.1 Å². The van der Waals surface area contributed by atoms with Gasteiger partial charge in [-0.3, -0.25) is 0 Å². The Balaban J connectivity index is 1.66. The minimum absolute atomic E-state index is 0.179. The number of benzene rings is 2. The Bertz CT molecular complexity index is 1210. The van der Waals surface area contributed by atoms with Crippen LogP contribution in [0, 0.1) is 19.7 Å². The number of anilines is 1. The molecule has 3 heterocycles. The fraction of sp³-hybridized carbons (Fsp3) is 0.292. The monoisotopic (exact) mass is 417 g/mol. The van der Waals surface area contributed by atoms with E-state index in [4.69, 9.17) is 9.72 Å². The molecule has 158 valence electrons. The highest BCUT2D eigenvalue weighted by Crippen LogP contribution is 2.35. The van der Waals surface area contributed by atoms with Gasteiger partial charge in [-0.1, -0.05) is 18.2 Å². The molecule has 0 amide bonds. The van der Waals surface area contributed by atoms with Crippen LogP contribution in [0.15, 0.2) is 48.8 Å². The van der Waals surface area contributed by atoms with Gasteiger partial charge in [0.2, 0.25) is 0 Å². The Hall–Kier alpha value is -3.48. The first-order valence-corrected chi connectivity index (χ1v) is 10.6. The first-order chi connectivity index (χ1) is 15.1. The lowest BCUT2D eigenvalue weighted by molar-refractivity contribution is 0.438. The Labute approximate surface area is 180 Å². The van der Waals surface area contributed by atoms with Crippen LogP contribution in [-0.2, 0) is 0 Å². The summed E-state index contributed by atoms with van der Waals surface area (Å²) in [6.45, 7) is 5.74. The molecule has 0 unspecified atom stereocenters. The third kappa shape index (κ3) is 3.71. The molecule has 7 heteroatoms. The first kappa shape index (κ1) is 19.5. The van der Waals surface area contributed by atoms with Crippen LogP contribution in [0.25, 0.3) is 16.9 Å². The highest BCUT2D eigenvalue weighted by atomic mass is 19.1. The Morgan fingerprint density at radius 1 is 0.968 bits per heavy atom. The molecular weight excluding hydrogens is 393 g/mol. The Morgan fingerprint density at radius 2 is 1.74 bits per heavy atom. The van der Waals surface area contributed by atoms with E-state index in [0.29, 0.717) is 17.2 Å². The smallest absolute Gasteiger partial charge is 0.253 e. The number of rotatable bonds is 4. The number of halogens is 1. The summed E-state index contributed by atoms with van der Waals surface area (Å²) in [6.07, 6.45) is 6.89. The topological polar surface area (TPSA) is 56.1 Å². The number of hydrogen-bond donors (Lipinski definition) is 0. The molecule has 0 spiro atoms. The first-order valence-electron chi connectivity index (χ1n) is 10.6. The van der Waals surface area contributed by atoms with Crippen molar-refractivity contribution in [3.05, 3.63) is 65.7 Å². The summed E-state index contributed by atoms with van der Waals surface area (Å²) in [7, 11) is 0. The molecule has 0 saturated carbocycles. The van der Waals surface area contributed by atoms with E-state index in [1.807, 2.05) is 38.1 Å². The second-order valence-corrected chi connectivity index (χ2v) is 7.97. The predicted molar refractivity (Wildman–Crippen MR) is 119 cm³/mol. The maximum atomic E-state index is 15.1. The van der Waals surface area contributed by atoms with Crippen LogP contribution in [0.5, 0.6) is 11.5 Å². The fourth-order valence-corrected chi connectivity index (χ4v) is 4.09. The summed E-state index contributed by atoms with van der Waals surface area (Å²) in [6, 6.07) is 10.9. The molecule has 2 aromatic heterocycles. The summed E-state index contributed by atoms with van der Waals surface area (Å²) in [5.41, 5.74) is 2.45. The van der Waals surface area contributed by atoms with Crippen LogP contribution in [0.4, 0.5) is 10.2 Å². The molecule has 31 heavy (non-hydrogen) atoms. The molecule has 4 aromatic rings. The fourth-order valence-electron chi connectivity index (χ4n) is 4.09. The van der Waals surface area contributed by atoms with E-state index in [2.05, 4.69) is 15.0 Å². The van der Waals surface area contributed by atoms with E-state index >= 15 is 4.39 Å². The quantitative estimate of drug-likeness (QED) is 0.448. The summed E-state index contributed by atoms with van der Waals surface area (Å²) in [5.74, 6) is 1.63. The largest absolute Gasteiger partial charge is 0.454 e. The van der Waals surface area contributed by atoms with Gasteiger partial charge < -0.3 is 9.64 Å². The van der Waals surface area contributed by atoms with Gasteiger partial charge in [0.05, 0.1) is 5.52 Å². The molecule has 5 rings (SSSR count). The second-order valence-electron chi connectivity index (χ2n) is 7.97. The molecule has 1 aliphatic heterocycles. The van der Waals surface area contributed by atoms with Crippen molar-refractivity contribution in [2.24, 2.45) is 0 Å². The van der Waals surface area contributed by atoms with Crippen molar-refractivity contribution in [1.82, 2.24) is 19.7 Å². The number of para-hydroxylation sites is 1. The van der Waals surface area contributed by atoms with Crippen LogP contribution < -0.4 is 9.64 Å². The highest BCUT2D eigenvalue weighted by molar-refractivity contribution is 5.91. The number of ether oxygens (including phenoxy) is 1. The zero-order chi connectivity index (χ0) is 21.4. The van der Waals surface area contributed by atoms with E-state index in [-0.39, 0.29) is 5.75 Å². The van der Waals surface area contributed by atoms with Crippen LogP contribution >= 0.6 is 0 Å². The predicted octanol–water partition coefficient (Wildman–Crippen LogP) is 5.35. The minimum atomic E-state index is -0.454. The van der Waals surface area contributed by atoms with Gasteiger partial charge in [0.1, 0.15) is 11.6 Å². The summed E-state index contributed by atoms with van der Waals surface area (Å²) in [5, 5.41) is 5.03. The molecule has 1 aliphatic rings. The standard InChI is InChI=1S/C24H24FN5O/c1-16-8-6-9-17(2)22(16)31-21-14-18-20(15-19(21)25)27-24(30-13-7-10-26-30)28-23(18)29-11-4-3-5-12-29/h6-10,13-15H,3-5,11-12H2,1-2H3. The number of aromatic nitrogens is 4. The third-order valence-electron chi connectivity index (χ3n) is 5.70. The van der Waals surface area contributed by atoms with E-state index in [9.17, 15) is 0 Å². The van der Waals surface area contributed by atoms with Crippen LogP contribution in [0.1, 0.15) is 30.4 Å². The van der Waals surface area contributed by atoms with Crippen molar-refractivity contribution in [3.8, 4) is 17.4 Å². The van der Waals surface area contributed by atoms with E-state index in [0.717, 1.165) is 48.3 Å².